The SMILES string of the molecule is N.NC(CO)C(=O)O.P.[SiH4]. The van der Waals surface area contributed by atoms with Crippen LogP contribution in [0.3, 0.4) is 0 Å². The lowest BCUT2D eigenvalue weighted by atomic mass is 10.3. The number of aliphatic hydroxyl groups excluding tert-OH is 1. The second-order valence-electron chi connectivity index (χ2n) is 1.13. The Bertz CT molecular complexity index is 84.1. The zero-order valence-electron chi connectivity index (χ0n) is 5.08. The number of aliphatic carboxylic acids is 1. The molecule has 0 spiro atoms. The van der Waals surface area contributed by atoms with Crippen molar-refractivity contribution < 1.29 is 15.0 Å². The highest BCUT2D eigenvalue weighted by Crippen LogP contribution is 1.71. The summed E-state index contributed by atoms with van der Waals surface area (Å²) < 4.78 is 0. The van der Waals surface area contributed by atoms with Crippen LogP contribution in [0.4, 0.5) is 0 Å². The van der Waals surface area contributed by atoms with Crippen molar-refractivity contribution in [3.05, 3.63) is 0 Å². The molecule has 66 valence electrons. The van der Waals surface area contributed by atoms with Crippen molar-refractivity contribution in [1.29, 1.82) is 0 Å². The molecule has 0 bridgehead atoms. The lowest BCUT2D eigenvalue weighted by Crippen LogP contribution is -2.33. The molecule has 10 heavy (non-hydrogen) atoms. The van der Waals surface area contributed by atoms with Crippen molar-refractivity contribution in [3.63, 3.8) is 0 Å². The summed E-state index contributed by atoms with van der Waals surface area (Å²) in [6.07, 6.45) is 0. The van der Waals surface area contributed by atoms with Crippen molar-refractivity contribution in [1.82, 2.24) is 6.15 Å². The normalized spacial score (nSPS) is 9.40. The minimum absolute atomic E-state index is 0. The first-order chi connectivity index (χ1) is 3.18. The van der Waals surface area contributed by atoms with Gasteiger partial charge in [-0.25, -0.2) is 0 Å². The predicted octanol–water partition coefficient (Wildman–Crippen LogP) is -2.84. The quantitative estimate of drug-likeness (QED) is 0.275. The van der Waals surface area contributed by atoms with Crippen molar-refractivity contribution in [3.8, 4) is 0 Å². The molecule has 0 heterocycles. The maximum Gasteiger partial charge on any atom is 0.322 e. The third-order valence-electron chi connectivity index (χ3n) is 0.514. The van der Waals surface area contributed by atoms with Crippen molar-refractivity contribution in [2.24, 2.45) is 5.73 Å². The van der Waals surface area contributed by atoms with Crippen LogP contribution < -0.4 is 11.9 Å². The predicted molar refractivity (Wildman–Crippen MR) is 50.2 cm³/mol. The van der Waals surface area contributed by atoms with Gasteiger partial charge in [0.15, 0.2) is 0 Å². The van der Waals surface area contributed by atoms with Gasteiger partial charge in [0.25, 0.3) is 0 Å². The van der Waals surface area contributed by atoms with E-state index in [1.54, 1.807) is 0 Å². The number of carbonyl (C=O) groups is 1. The molecule has 0 saturated heterocycles. The Kier molecular flexibility index (Phi) is 26.4. The fourth-order valence-corrected chi connectivity index (χ4v) is 0.0781. The fourth-order valence-electron chi connectivity index (χ4n) is 0.0781. The Labute approximate surface area is 67.2 Å². The van der Waals surface area contributed by atoms with E-state index in [9.17, 15) is 4.79 Å². The molecule has 2 atom stereocenters. The molecular weight excluding hydrogens is 171 g/mol. The van der Waals surface area contributed by atoms with Crippen LogP contribution in [-0.4, -0.2) is 39.8 Å². The van der Waals surface area contributed by atoms with Crippen LogP contribution >= 0.6 is 9.90 Å². The second kappa shape index (κ2) is 11.8. The van der Waals surface area contributed by atoms with Crippen molar-refractivity contribution >= 4 is 26.8 Å². The van der Waals surface area contributed by atoms with Gasteiger partial charge in [0.05, 0.1) is 6.61 Å². The van der Waals surface area contributed by atoms with Gasteiger partial charge >= 0.3 is 5.97 Å². The Morgan fingerprint density at radius 3 is 1.90 bits per heavy atom. The number of aliphatic hydroxyl groups is 1. The van der Waals surface area contributed by atoms with Crippen LogP contribution in [0.2, 0.25) is 0 Å². The minimum atomic E-state index is -1.18. The molecule has 0 fully saturated rings. The fraction of sp³-hybridized carbons (Fsp3) is 0.667. The highest BCUT2D eigenvalue weighted by atomic mass is 31.0. The van der Waals surface area contributed by atoms with Gasteiger partial charge in [0.1, 0.15) is 6.04 Å². The number of carboxylic acids is 1. The van der Waals surface area contributed by atoms with Crippen LogP contribution in [0.15, 0.2) is 0 Å². The molecule has 7 N–H and O–H groups in total. The summed E-state index contributed by atoms with van der Waals surface area (Å²) in [4.78, 5) is 9.65. The molecule has 0 radical (unpaired) electrons. The molecule has 0 aliphatic heterocycles. The van der Waals surface area contributed by atoms with E-state index < -0.39 is 18.6 Å². The van der Waals surface area contributed by atoms with E-state index in [1.807, 2.05) is 0 Å². The van der Waals surface area contributed by atoms with E-state index in [-0.39, 0.29) is 27.0 Å². The number of rotatable bonds is 2. The minimum Gasteiger partial charge on any atom is -0.480 e. The molecule has 0 aromatic rings. The number of hydrogen-bond acceptors (Lipinski definition) is 4. The monoisotopic (exact) mass is 188 g/mol. The smallest absolute Gasteiger partial charge is 0.322 e. The van der Waals surface area contributed by atoms with E-state index in [0.29, 0.717) is 0 Å². The molecule has 2 unspecified atom stereocenters. The highest BCUT2D eigenvalue weighted by Gasteiger charge is 2.06. The maximum absolute atomic E-state index is 9.65. The summed E-state index contributed by atoms with van der Waals surface area (Å²) in [6.45, 7) is -0.505. The summed E-state index contributed by atoms with van der Waals surface area (Å²) in [6, 6.07) is -1.13. The lowest BCUT2D eigenvalue weighted by Gasteiger charge is -1.96. The van der Waals surface area contributed by atoms with Gasteiger partial charge in [-0.2, -0.15) is 9.90 Å². The van der Waals surface area contributed by atoms with Gasteiger partial charge in [0, 0.05) is 0 Å². The Morgan fingerprint density at radius 1 is 1.60 bits per heavy atom. The average molecular weight is 188 g/mol. The Hall–Kier alpha value is -0.00312. The summed E-state index contributed by atoms with van der Waals surface area (Å²) in [5.41, 5.74) is 4.77. The molecule has 7 heteroatoms. The molecule has 5 nitrogen and oxygen atoms in total. The lowest BCUT2D eigenvalue weighted by molar-refractivity contribution is -0.139. The number of carboxylic acid groups (broad SMARTS) is 1. The van der Waals surface area contributed by atoms with Gasteiger partial charge < -0.3 is 22.1 Å². The first-order valence-electron chi connectivity index (χ1n) is 1.77. The molecule has 0 aliphatic carbocycles. The zero-order chi connectivity index (χ0) is 5.86. The van der Waals surface area contributed by atoms with Crippen molar-refractivity contribution in [2.75, 3.05) is 6.61 Å². The topological polar surface area (TPSA) is 119 Å². The highest BCUT2D eigenvalue weighted by molar-refractivity contribution is 6.92. The Balaban J connectivity index is -0.0000000600. The standard InChI is InChI=1S/C3H7NO3.H3N.H3P.H4Si/c4-2(1-5)3(6)7;;;/h2,5H,1,4H2,(H,6,7);2*1H3;1H4. The van der Waals surface area contributed by atoms with E-state index in [0.717, 1.165) is 0 Å². The van der Waals surface area contributed by atoms with E-state index in [1.165, 1.54) is 0 Å². The molecule has 0 aliphatic rings. The second-order valence-corrected chi connectivity index (χ2v) is 1.13. The summed E-state index contributed by atoms with van der Waals surface area (Å²) in [7, 11) is 0. The van der Waals surface area contributed by atoms with Gasteiger partial charge in [-0.05, 0) is 11.0 Å². The first kappa shape index (κ1) is 22.5. The molecule has 0 aromatic heterocycles. The van der Waals surface area contributed by atoms with Gasteiger partial charge in [-0.15, -0.1) is 0 Å². The van der Waals surface area contributed by atoms with Crippen LogP contribution in [0, 0.1) is 0 Å². The largest absolute Gasteiger partial charge is 0.480 e. The van der Waals surface area contributed by atoms with Crippen LogP contribution in [0.5, 0.6) is 0 Å². The molecular formula is C3H17N2O3PSi. The van der Waals surface area contributed by atoms with Crippen LogP contribution in [0.25, 0.3) is 0 Å². The van der Waals surface area contributed by atoms with Crippen molar-refractivity contribution in [2.45, 2.75) is 6.04 Å². The average Bonchev–Trinajstić information content (AvgIpc) is 1.65. The van der Waals surface area contributed by atoms with Crippen LogP contribution in [0.1, 0.15) is 0 Å². The number of hydrogen-bond donors (Lipinski definition) is 4. The van der Waals surface area contributed by atoms with E-state index in [2.05, 4.69) is 0 Å². The molecule has 0 saturated carbocycles. The summed E-state index contributed by atoms with van der Waals surface area (Å²) in [5, 5.41) is 15.9. The van der Waals surface area contributed by atoms with E-state index >= 15 is 0 Å². The van der Waals surface area contributed by atoms with Crippen LogP contribution in [-0.2, 0) is 4.79 Å². The summed E-state index contributed by atoms with van der Waals surface area (Å²) in [5.74, 6) is -1.18. The van der Waals surface area contributed by atoms with Gasteiger partial charge in [-0.3, -0.25) is 4.79 Å². The molecule has 0 rings (SSSR count). The third-order valence-corrected chi connectivity index (χ3v) is 0.514. The zero-order valence-corrected chi connectivity index (χ0v) is 6.49. The molecule has 0 amide bonds. The first-order valence-corrected chi connectivity index (χ1v) is 1.77. The molecule has 0 aromatic carbocycles. The Morgan fingerprint density at radius 2 is 1.90 bits per heavy atom. The summed E-state index contributed by atoms with van der Waals surface area (Å²) >= 11 is 0. The van der Waals surface area contributed by atoms with E-state index in [4.69, 9.17) is 15.9 Å². The van der Waals surface area contributed by atoms with Gasteiger partial charge in [-0.1, -0.05) is 0 Å². The number of nitrogens with two attached hydrogens (primary N) is 1. The maximum atomic E-state index is 9.65. The van der Waals surface area contributed by atoms with Gasteiger partial charge in [0.2, 0.25) is 0 Å². The third kappa shape index (κ3) is 10.9.